The lowest BCUT2D eigenvalue weighted by Crippen LogP contribution is -2.18. The molecule has 1 N–H and O–H groups in total. The van der Waals surface area contributed by atoms with E-state index in [1.54, 1.807) is 12.1 Å². The summed E-state index contributed by atoms with van der Waals surface area (Å²) in [5, 5.41) is 2.05. The van der Waals surface area contributed by atoms with Crippen molar-refractivity contribution in [3.05, 3.63) is 29.0 Å². The van der Waals surface area contributed by atoms with Gasteiger partial charge < -0.3 is 14.2 Å². The Hall–Kier alpha value is -2.50. The third-order valence-corrected chi connectivity index (χ3v) is 2.90. The summed E-state index contributed by atoms with van der Waals surface area (Å²) in [7, 11) is 0. The monoisotopic (exact) mass is 291 g/mol. The molecule has 0 bridgehead atoms. The third-order valence-electron chi connectivity index (χ3n) is 2.90. The first kappa shape index (κ1) is 14.9. The van der Waals surface area contributed by atoms with Gasteiger partial charge in [-0.05, 0) is 39.0 Å². The van der Waals surface area contributed by atoms with Crippen LogP contribution in [0, 0.1) is 6.92 Å². The van der Waals surface area contributed by atoms with Crippen molar-refractivity contribution >= 4 is 18.1 Å². The Labute approximate surface area is 122 Å². The van der Waals surface area contributed by atoms with Gasteiger partial charge in [-0.15, -0.1) is 0 Å². The molecule has 2 rings (SSSR count). The Morgan fingerprint density at radius 3 is 2.48 bits per heavy atom. The van der Waals surface area contributed by atoms with Crippen LogP contribution in [0.15, 0.2) is 17.9 Å². The van der Waals surface area contributed by atoms with Gasteiger partial charge in [-0.3, -0.25) is 10.1 Å². The average molecular weight is 291 g/mol. The number of hydrogen-bond acceptors (Lipinski definition) is 5. The number of carbonyl (C=O) groups is 2. The number of nitrogens with one attached hydrogen (secondary N) is 1. The van der Waals surface area contributed by atoms with Crippen LogP contribution in [-0.2, 0) is 9.53 Å². The number of ether oxygens (including phenoxy) is 3. The quantitative estimate of drug-likeness (QED) is 0.843. The molecule has 0 saturated carbocycles. The van der Waals surface area contributed by atoms with E-state index < -0.39 is 12.0 Å². The van der Waals surface area contributed by atoms with Gasteiger partial charge >= 0.3 is 6.09 Å². The standard InChI is InChI=1S/C15H17NO5/c1-4-19-11-7-6-10(13(9(11)3)20-5-2)8-12-14(17)16-15(18)21-12/h6-8H,4-5H2,1-3H3,(H,16,17,18)/b12-8+. The van der Waals surface area contributed by atoms with Gasteiger partial charge in [0.1, 0.15) is 11.5 Å². The average Bonchev–Trinajstić information content (AvgIpc) is 2.75. The molecular formula is C15H17NO5. The highest BCUT2D eigenvalue weighted by Gasteiger charge is 2.26. The smallest absolute Gasteiger partial charge is 0.419 e. The molecule has 0 aromatic heterocycles. The zero-order valence-electron chi connectivity index (χ0n) is 12.2. The first-order valence-corrected chi connectivity index (χ1v) is 6.70. The minimum absolute atomic E-state index is 0.0514. The highest BCUT2D eigenvalue weighted by Crippen LogP contribution is 2.33. The molecule has 0 radical (unpaired) electrons. The SMILES string of the molecule is CCOc1ccc(/C=C2/OC(=O)NC2=O)c(OCC)c1C. The van der Waals surface area contributed by atoms with E-state index in [2.05, 4.69) is 5.32 Å². The number of carbonyl (C=O) groups excluding carboxylic acids is 2. The fourth-order valence-electron chi connectivity index (χ4n) is 2.02. The van der Waals surface area contributed by atoms with Crippen LogP contribution in [0.4, 0.5) is 4.79 Å². The number of alkyl carbamates (subject to hydrolysis) is 1. The molecule has 0 spiro atoms. The predicted molar refractivity (Wildman–Crippen MR) is 76.1 cm³/mol. The fraction of sp³-hybridized carbons (Fsp3) is 0.333. The normalized spacial score (nSPS) is 15.9. The van der Waals surface area contributed by atoms with Crippen LogP contribution in [0.1, 0.15) is 25.0 Å². The van der Waals surface area contributed by atoms with Crippen molar-refractivity contribution in [2.75, 3.05) is 13.2 Å². The second kappa shape index (κ2) is 6.30. The van der Waals surface area contributed by atoms with Gasteiger partial charge in [-0.1, -0.05) is 0 Å². The van der Waals surface area contributed by atoms with Gasteiger partial charge in [-0.2, -0.15) is 0 Å². The Bertz CT molecular complexity index is 606. The number of amides is 2. The molecule has 0 aliphatic carbocycles. The molecule has 1 fully saturated rings. The highest BCUT2D eigenvalue weighted by molar-refractivity contribution is 6.10. The van der Waals surface area contributed by atoms with Gasteiger partial charge in [0, 0.05) is 11.1 Å². The van der Waals surface area contributed by atoms with Crippen LogP contribution in [0.3, 0.4) is 0 Å². The van der Waals surface area contributed by atoms with E-state index in [-0.39, 0.29) is 5.76 Å². The summed E-state index contributed by atoms with van der Waals surface area (Å²) in [6.45, 7) is 6.66. The zero-order valence-corrected chi connectivity index (χ0v) is 12.2. The number of rotatable bonds is 5. The van der Waals surface area contributed by atoms with Crippen LogP contribution in [0.25, 0.3) is 6.08 Å². The molecular weight excluding hydrogens is 274 g/mol. The maximum Gasteiger partial charge on any atom is 0.419 e. The Morgan fingerprint density at radius 1 is 1.19 bits per heavy atom. The van der Waals surface area contributed by atoms with E-state index >= 15 is 0 Å². The van der Waals surface area contributed by atoms with E-state index in [1.807, 2.05) is 20.8 Å². The van der Waals surface area contributed by atoms with Gasteiger partial charge in [-0.25, -0.2) is 4.79 Å². The van der Waals surface area contributed by atoms with Crippen molar-refractivity contribution < 1.29 is 23.8 Å². The van der Waals surface area contributed by atoms with Crippen molar-refractivity contribution in [2.24, 2.45) is 0 Å². The molecule has 1 aliphatic rings. The van der Waals surface area contributed by atoms with Crippen LogP contribution < -0.4 is 14.8 Å². The molecule has 6 nitrogen and oxygen atoms in total. The lowest BCUT2D eigenvalue weighted by molar-refractivity contribution is -0.116. The van der Waals surface area contributed by atoms with Crippen LogP contribution in [0.5, 0.6) is 11.5 Å². The van der Waals surface area contributed by atoms with Gasteiger partial charge in [0.15, 0.2) is 5.76 Å². The topological polar surface area (TPSA) is 73.9 Å². The summed E-state index contributed by atoms with van der Waals surface area (Å²) < 4.78 is 16.0. The summed E-state index contributed by atoms with van der Waals surface area (Å²) in [5.74, 6) is 0.709. The van der Waals surface area contributed by atoms with E-state index in [0.717, 1.165) is 11.3 Å². The summed E-state index contributed by atoms with van der Waals surface area (Å²) in [4.78, 5) is 22.5. The summed E-state index contributed by atoms with van der Waals surface area (Å²) in [6.07, 6.45) is 0.709. The van der Waals surface area contributed by atoms with Gasteiger partial charge in [0.05, 0.1) is 13.2 Å². The van der Waals surface area contributed by atoms with Crippen molar-refractivity contribution in [3.63, 3.8) is 0 Å². The van der Waals surface area contributed by atoms with Crippen molar-refractivity contribution in [2.45, 2.75) is 20.8 Å². The second-order valence-corrected chi connectivity index (χ2v) is 4.33. The molecule has 1 aromatic carbocycles. The zero-order chi connectivity index (χ0) is 15.4. The molecule has 21 heavy (non-hydrogen) atoms. The lowest BCUT2D eigenvalue weighted by atomic mass is 10.1. The number of imide groups is 1. The second-order valence-electron chi connectivity index (χ2n) is 4.33. The molecule has 0 atom stereocenters. The summed E-state index contributed by atoms with van der Waals surface area (Å²) in [6, 6.07) is 3.55. The molecule has 0 unspecified atom stereocenters. The van der Waals surface area contributed by atoms with Crippen molar-refractivity contribution in [1.29, 1.82) is 0 Å². The Morgan fingerprint density at radius 2 is 1.90 bits per heavy atom. The Kier molecular flexibility index (Phi) is 4.47. The molecule has 1 heterocycles. The van der Waals surface area contributed by atoms with Crippen molar-refractivity contribution in [1.82, 2.24) is 5.32 Å². The molecule has 1 saturated heterocycles. The largest absolute Gasteiger partial charge is 0.493 e. The molecule has 6 heteroatoms. The van der Waals surface area contributed by atoms with E-state index in [4.69, 9.17) is 14.2 Å². The molecule has 1 aromatic rings. The molecule has 1 aliphatic heterocycles. The fourth-order valence-corrected chi connectivity index (χ4v) is 2.02. The van der Waals surface area contributed by atoms with E-state index in [0.29, 0.717) is 24.5 Å². The highest BCUT2D eigenvalue weighted by atomic mass is 16.6. The maximum absolute atomic E-state index is 11.5. The van der Waals surface area contributed by atoms with Gasteiger partial charge in [0.25, 0.3) is 5.91 Å². The third kappa shape index (κ3) is 3.16. The van der Waals surface area contributed by atoms with Crippen LogP contribution in [-0.4, -0.2) is 25.2 Å². The number of benzene rings is 1. The first-order valence-electron chi connectivity index (χ1n) is 6.70. The summed E-state index contributed by atoms with van der Waals surface area (Å²) >= 11 is 0. The maximum atomic E-state index is 11.5. The number of cyclic esters (lactones) is 1. The van der Waals surface area contributed by atoms with Crippen molar-refractivity contribution in [3.8, 4) is 11.5 Å². The Balaban J connectivity index is 2.43. The lowest BCUT2D eigenvalue weighted by Gasteiger charge is -2.15. The number of hydrogen-bond donors (Lipinski definition) is 1. The molecule has 112 valence electrons. The molecule has 2 amide bonds. The van der Waals surface area contributed by atoms with Crippen LogP contribution in [0.2, 0.25) is 0 Å². The minimum atomic E-state index is -0.771. The minimum Gasteiger partial charge on any atom is -0.493 e. The predicted octanol–water partition coefficient (Wildman–Crippen LogP) is 2.40. The van der Waals surface area contributed by atoms with E-state index in [1.165, 1.54) is 6.08 Å². The first-order chi connectivity index (χ1) is 10.1. The van der Waals surface area contributed by atoms with Gasteiger partial charge in [0.2, 0.25) is 0 Å². The van der Waals surface area contributed by atoms with Crippen LogP contribution >= 0.6 is 0 Å². The van der Waals surface area contributed by atoms with E-state index in [9.17, 15) is 9.59 Å². The summed E-state index contributed by atoms with van der Waals surface area (Å²) in [5.41, 5.74) is 1.48.